The third-order valence-electron chi connectivity index (χ3n) is 10.8. The van der Waals surface area contributed by atoms with E-state index in [1.807, 2.05) is 24.3 Å². The quantitative estimate of drug-likeness (QED) is 0.122. The molecule has 0 aliphatic carbocycles. The summed E-state index contributed by atoms with van der Waals surface area (Å²) in [6.45, 7) is 5.68. The number of benzene rings is 4. The normalized spacial score (nSPS) is 15.3. The number of rotatable bonds is 12. The first kappa shape index (κ1) is 43.2. The zero-order valence-electron chi connectivity index (χ0n) is 34.0. The van der Waals surface area contributed by atoms with Crippen LogP contribution in [0.4, 0.5) is 31.8 Å². The van der Waals surface area contributed by atoms with Crippen molar-refractivity contribution in [1.29, 1.82) is 0 Å². The molecule has 60 heavy (non-hydrogen) atoms. The van der Waals surface area contributed by atoms with Gasteiger partial charge in [0.2, 0.25) is 0 Å². The van der Waals surface area contributed by atoms with Gasteiger partial charge in [0.05, 0.1) is 49.8 Å². The van der Waals surface area contributed by atoms with Gasteiger partial charge in [-0.25, -0.2) is 28.7 Å². The summed E-state index contributed by atoms with van der Waals surface area (Å²) in [7, 11) is 7.51. The van der Waals surface area contributed by atoms with Gasteiger partial charge < -0.3 is 39.4 Å². The summed E-state index contributed by atoms with van der Waals surface area (Å²) in [4.78, 5) is 22.0. The molecule has 6 aromatic rings. The Labute approximate surface area is 365 Å². The van der Waals surface area contributed by atoms with Crippen LogP contribution in [0, 0.1) is 23.5 Å². The molecule has 0 amide bonds. The topological polar surface area (TPSA) is 119 Å². The van der Waals surface area contributed by atoms with Gasteiger partial charge in [-0.15, -0.1) is 0 Å². The van der Waals surface area contributed by atoms with Crippen molar-refractivity contribution in [3.05, 3.63) is 93.9 Å². The van der Waals surface area contributed by atoms with E-state index >= 15 is 0 Å². The number of halogens is 4. The van der Waals surface area contributed by atoms with Crippen LogP contribution in [-0.4, -0.2) is 97.4 Å². The van der Waals surface area contributed by atoms with E-state index < -0.39 is 0 Å². The van der Waals surface area contributed by atoms with Crippen molar-refractivity contribution < 1.29 is 27.7 Å². The van der Waals surface area contributed by atoms with Crippen molar-refractivity contribution >= 4 is 76.7 Å². The maximum Gasteiger partial charge on any atom is 0.163 e. The van der Waals surface area contributed by atoms with Crippen molar-refractivity contribution in [2.45, 2.75) is 25.7 Å². The summed E-state index contributed by atoms with van der Waals surface area (Å²) in [6.07, 6.45) is 7.41. The van der Waals surface area contributed by atoms with E-state index in [-0.39, 0.29) is 11.6 Å². The second-order valence-electron chi connectivity index (χ2n) is 15.1. The first-order chi connectivity index (χ1) is 29.1. The minimum atomic E-state index is -0.374. The summed E-state index contributed by atoms with van der Waals surface area (Å²) in [5, 5.41) is 7.56. The zero-order valence-corrected chi connectivity index (χ0v) is 37.2. The molecule has 2 aliphatic rings. The maximum atomic E-state index is 14.3. The molecule has 12 nitrogen and oxygen atoms in total. The van der Waals surface area contributed by atoms with E-state index in [1.165, 1.54) is 24.8 Å². The molecule has 2 aromatic heterocycles. The molecular formula is C44H48Br2F2N8O4. The first-order valence-electron chi connectivity index (χ1n) is 19.8. The van der Waals surface area contributed by atoms with E-state index in [2.05, 4.69) is 86.3 Å². The largest absolute Gasteiger partial charge is 0.493 e. The Morgan fingerprint density at radius 1 is 0.583 bits per heavy atom. The molecular weight excluding hydrogens is 902 g/mol. The van der Waals surface area contributed by atoms with E-state index in [0.717, 1.165) is 62.6 Å². The van der Waals surface area contributed by atoms with Crippen LogP contribution < -0.4 is 29.6 Å². The fraction of sp³-hybridized carbons (Fsp3) is 0.364. The van der Waals surface area contributed by atoms with Crippen molar-refractivity contribution in [3.63, 3.8) is 0 Å². The van der Waals surface area contributed by atoms with E-state index in [9.17, 15) is 8.78 Å². The Balaban J connectivity index is 0.000000181. The summed E-state index contributed by atoms with van der Waals surface area (Å²) in [5.41, 5.74) is 2.06. The maximum absolute atomic E-state index is 14.3. The molecule has 2 saturated heterocycles. The summed E-state index contributed by atoms with van der Waals surface area (Å²) < 4.78 is 53.2. The predicted octanol–water partition coefficient (Wildman–Crippen LogP) is 10.0. The van der Waals surface area contributed by atoms with Gasteiger partial charge in [-0.2, -0.15) is 0 Å². The number of methoxy groups -OCH3 is 2. The van der Waals surface area contributed by atoms with Gasteiger partial charge in [0.15, 0.2) is 23.0 Å². The number of hydrogen-bond acceptors (Lipinski definition) is 12. The summed E-state index contributed by atoms with van der Waals surface area (Å²) >= 11 is 6.54. The number of fused-ring (bicyclic) bond motifs is 2. The average Bonchev–Trinajstić information content (AvgIpc) is 3.25. The lowest BCUT2D eigenvalue weighted by Gasteiger charge is -2.28. The molecule has 0 radical (unpaired) electrons. The zero-order chi connectivity index (χ0) is 42.2. The number of aromatic nitrogens is 4. The molecule has 0 saturated carbocycles. The lowest BCUT2D eigenvalue weighted by Crippen LogP contribution is -2.32. The number of ether oxygens (including phenoxy) is 4. The van der Waals surface area contributed by atoms with Crippen LogP contribution >= 0.6 is 31.9 Å². The van der Waals surface area contributed by atoms with Crippen LogP contribution in [0.5, 0.6) is 23.0 Å². The van der Waals surface area contributed by atoms with Gasteiger partial charge in [-0.05, 0) is 126 Å². The standard InChI is InChI=1S/2C22H24BrFN4O2/c2*1-28-7-5-14(6-8-28)12-30-21-11-19-16(10-20(21)29-2)22(26-13-25-19)27-18-4-3-15(23)9-17(18)24/h2*3-4,9-11,13-14H,5-8,12H2,1-2H3,(H,25,26,27). The fourth-order valence-corrected chi connectivity index (χ4v) is 7.85. The van der Waals surface area contributed by atoms with Crippen molar-refractivity contribution in [2.24, 2.45) is 11.8 Å². The lowest BCUT2D eigenvalue weighted by atomic mass is 9.98. The van der Waals surface area contributed by atoms with Crippen molar-refractivity contribution in [1.82, 2.24) is 29.7 Å². The van der Waals surface area contributed by atoms with Gasteiger partial charge in [0, 0.05) is 31.9 Å². The Hall–Kier alpha value is -4.90. The third kappa shape index (κ3) is 10.9. The molecule has 0 unspecified atom stereocenters. The summed E-state index contributed by atoms with van der Waals surface area (Å²) in [5.74, 6) is 3.83. The number of nitrogens with one attached hydrogen (secondary N) is 2. The lowest BCUT2D eigenvalue weighted by molar-refractivity contribution is 0.157. The number of nitrogens with zero attached hydrogens (tertiary/aromatic N) is 6. The molecule has 0 atom stereocenters. The van der Waals surface area contributed by atoms with Gasteiger partial charge in [-0.3, -0.25) is 0 Å². The number of likely N-dealkylation sites (tertiary alicyclic amines) is 2. The monoisotopic (exact) mass is 948 g/mol. The Morgan fingerprint density at radius 3 is 1.35 bits per heavy atom. The highest BCUT2D eigenvalue weighted by atomic mass is 79.9. The van der Waals surface area contributed by atoms with Crippen LogP contribution in [0.1, 0.15) is 25.7 Å². The van der Waals surface area contributed by atoms with E-state index in [0.29, 0.717) is 91.0 Å². The highest BCUT2D eigenvalue weighted by molar-refractivity contribution is 9.10. The van der Waals surface area contributed by atoms with E-state index in [4.69, 9.17) is 18.9 Å². The third-order valence-corrected chi connectivity index (χ3v) is 11.8. The smallest absolute Gasteiger partial charge is 0.163 e. The fourth-order valence-electron chi connectivity index (χ4n) is 7.18. The molecule has 2 aliphatic heterocycles. The molecule has 0 spiro atoms. The van der Waals surface area contributed by atoms with Crippen molar-refractivity contribution in [2.75, 3.05) is 78.3 Å². The highest BCUT2D eigenvalue weighted by Crippen LogP contribution is 2.37. The molecule has 8 rings (SSSR count). The first-order valence-corrected chi connectivity index (χ1v) is 21.4. The Kier molecular flexibility index (Phi) is 14.5. The van der Waals surface area contributed by atoms with Gasteiger partial charge in [-0.1, -0.05) is 31.9 Å². The number of piperidine rings is 2. The summed E-state index contributed by atoms with van der Waals surface area (Å²) in [6, 6.07) is 17.0. The Bertz CT molecular complexity index is 2250. The van der Waals surface area contributed by atoms with Gasteiger partial charge in [0.1, 0.15) is 35.9 Å². The van der Waals surface area contributed by atoms with Gasteiger partial charge in [0.25, 0.3) is 0 Å². The number of hydrogen-bond donors (Lipinski definition) is 2. The minimum Gasteiger partial charge on any atom is -0.493 e. The molecule has 316 valence electrons. The van der Waals surface area contributed by atoms with Crippen LogP contribution in [0.2, 0.25) is 0 Å². The van der Waals surface area contributed by atoms with Crippen LogP contribution in [0.25, 0.3) is 21.8 Å². The molecule has 16 heteroatoms. The van der Waals surface area contributed by atoms with Crippen LogP contribution in [0.3, 0.4) is 0 Å². The molecule has 0 bridgehead atoms. The SMILES string of the molecule is COc1cc2c(Nc3ccc(Br)cc3F)ncnc2cc1OCC1CCN(C)CC1.COc1cc2c(Nc3ccc(Br)cc3F)ncnc2cc1OCC1CCN(C)CC1. The Morgan fingerprint density at radius 2 is 0.983 bits per heavy atom. The van der Waals surface area contributed by atoms with E-state index in [1.54, 1.807) is 38.5 Å². The number of anilines is 4. The molecule has 4 heterocycles. The highest BCUT2D eigenvalue weighted by Gasteiger charge is 2.21. The second kappa shape index (κ2) is 20.1. The van der Waals surface area contributed by atoms with Gasteiger partial charge >= 0.3 is 0 Å². The average molecular weight is 951 g/mol. The van der Waals surface area contributed by atoms with Crippen LogP contribution in [-0.2, 0) is 0 Å². The van der Waals surface area contributed by atoms with Crippen LogP contribution in [0.15, 0.2) is 82.3 Å². The molecule has 4 aromatic carbocycles. The van der Waals surface area contributed by atoms with Crippen molar-refractivity contribution in [3.8, 4) is 23.0 Å². The molecule has 2 N–H and O–H groups in total. The predicted molar refractivity (Wildman–Crippen MR) is 238 cm³/mol. The minimum absolute atomic E-state index is 0.333. The molecule has 2 fully saturated rings. The second-order valence-corrected chi connectivity index (χ2v) is 16.9.